The van der Waals surface area contributed by atoms with Crippen molar-refractivity contribution in [1.82, 2.24) is 0 Å². The molecular formula is C12H15N3O5. The van der Waals surface area contributed by atoms with Crippen LogP contribution in [-0.4, -0.2) is 35.5 Å². The minimum absolute atomic E-state index is 0.0145. The lowest BCUT2D eigenvalue weighted by Crippen LogP contribution is -2.30. The molecule has 0 aromatic heterocycles. The Morgan fingerprint density at radius 3 is 2.55 bits per heavy atom. The Morgan fingerprint density at radius 1 is 1.50 bits per heavy atom. The molecule has 1 unspecified atom stereocenters. The first-order chi connectivity index (χ1) is 9.23. The minimum atomic E-state index is -0.973. The number of nitro benzene ring substituents is 1. The van der Waals surface area contributed by atoms with E-state index in [2.05, 4.69) is 0 Å². The van der Waals surface area contributed by atoms with Gasteiger partial charge in [-0.1, -0.05) is 6.92 Å². The quantitative estimate of drug-likeness (QED) is 0.587. The minimum Gasteiger partial charge on any atom is -0.481 e. The molecular weight excluding hydrogens is 266 g/mol. The van der Waals surface area contributed by atoms with E-state index in [0.29, 0.717) is 5.69 Å². The standard InChI is InChI=1S/C12H15N3O5/c1-7(12(17)18)6-14(2)10-4-3-8(15(19)20)5-9(10)11(13)16/h3-5,7H,6H2,1-2H3,(H2,13,16)(H,17,18). The summed E-state index contributed by atoms with van der Waals surface area (Å²) < 4.78 is 0. The lowest BCUT2D eigenvalue weighted by atomic mass is 10.1. The van der Waals surface area contributed by atoms with Crippen LogP contribution in [0.2, 0.25) is 0 Å². The zero-order valence-electron chi connectivity index (χ0n) is 11.1. The molecule has 0 aliphatic carbocycles. The number of hydrogen-bond donors (Lipinski definition) is 2. The van der Waals surface area contributed by atoms with Gasteiger partial charge in [0.1, 0.15) is 0 Å². The third-order valence-electron chi connectivity index (χ3n) is 2.84. The summed E-state index contributed by atoms with van der Waals surface area (Å²) in [6.07, 6.45) is 0. The predicted octanol–water partition coefficient (Wildman–Crippen LogP) is 0.851. The highest BCUT2D eigenvalue weighted by molar-refractivity contribution is 5.99. The molecule has 0 bridgehead atoms. The van der Waals surface area contributed by atoms with Crippen molar-refractivity contribution in [3.05, 3.63) is 33.9 Å². The highest BCUT2D eigenvalue weighted by atomic mass is 16.6. The van der Waals surface area contributed by atoms with Gasteiger partial charge < -0.3 is 15.7 Å². The summed E-state index contributed by atoms with van der Waals surface area (Å²) in [6, 6.07) is 3.70. The lowest BCUT2D eigenvalue weighted by molar-refractivity contribution is -0.384. The zero-order valence-corrected chi connectivity index (χ0v) is 11.1. The number of benzene rings is 1. The number of non-ortho nitro benzene ring substituents is 1. The van der Waals surface area contributed by atoms with Gasteiger partial charge in [-0.25, -0.2) is 0 Å². The van der Waals surface area contributed by atoms with E-state index in [0.717, 1.165) is 6.07 Å². The summed E-state index contributed by atoms with van der Waals surface area (Å²) in [7, 11) is 1.59. The number of carboxylic acids is 1. The molecule has 8 nitrogen and oxygen atoms in total. The monoisotopic (exact) mass is 281 g/mol. The van der Waals surface area contributed by atoms with Gasteiger partial charge in [0.25, 0.3) is 11.6 Å². The van der Waals surface area contributed by atoms with Crippen molar-refractivity contribution in [2.45, 2.75) is 6.92 Å². The van der Waals surface area contributed by atoms with E-state index in [9.17, 15) is 19.7 Å². The molecule has 1 atom stereocenters. The summed E-state index contributed by atoms with van der Waals surface area (Å²) in [5.41, 5.74) is 5.30. The maximum atomic E-state index is 11.4. The van der Waals surface area contributed by atoms with Crippen molar-refractivity contribution in [3.63, 3.8) is 0 Å². The number of hydrogen-bond acceptors (Lipinski definition) is 5. The SMILES string of the molecule is CC(CN(C)c1ccc([N+](=O)[O-])cc1C(N)=O)C(=O)O. The molecule has 0 radical (unpaired) electrons. The number of amides is 1. The largest absolute Gasteiger partial charge is 0.481 e. The normalized spacial score (nSPS) is 11.7. The van der Waals surface area contributed by atoms with E-state index in [4.69, 9.17) is 10.8 Å². The molecule has 108 valence electrons. The average molecular weight is 281 g/mol. The van der Waals surface area contributed by atoms with Crippen LogP contribution in [0.4, 0.5) is 11.4 Å². The second-order valence-electron chi connectivity index (χ2n) is 4.44. The number of nitrogens with two attached hydrogens (primary N) is 1. The topological polar surface area (TPSA) is 127 Å². The van der Waals surface area contributed by atoms with Crippen LogP contribution < -0.4 is 10.6 Å². The van der Waals surface area contributed by atoms with Crippen molar-refractivity contribution in [2.24, 2.45) is 11.7 Å². The number of carbonyl (C=O) groups excluding carboxylic acids is 1. The molecule has 0 fully saturated rings. The van der Waals surface area contributed by atoms with Gasteiger partial charge in [-0.2, -0.15) is 0 Å². The Hall–Kier alpha value is -2.64. The van der Waals surface area contributed by atoms with Gasteiger partial charge in [-0.15, -0.1) is 0 Å². The molecule has 0 heterocycles. The van der Waals surface area contributed by atoms with Gasteiger partial charge in [-0.3, -0.25) is 19.7 Å². The number of nitro groups is 1. The number of carbonyl (C=O) groups is 2. The number of nitrogens with zero attached hydrogens (tertiary/aromatic N) is 2. The van der Waals surface area contributed by atoms with E-state index >= 15 is 0 Å². The van der Waals surface area contributed by atoms with Crippen LogP contribution in [0.3, 0.4) is 0 Å². The summed E-state index contributed by atoms with van der Waals surface area (Å²) in [5.74, 6) is -2.44. The number of aliphatic carboxylic acids is 1. The summed E-state index contributed by atoms with van der Waals surface area (Å²) in [4.78, 5) is 33.8. The van der Waals surface area contributed by atoms with Gasteiger partial charge in [-0.05, 0) is 6.07 Å². The first-order valence-corrected chi connectivity index (χ1v) is 5.76. The molecule has 0 spiro atoms. The molecule has 3 N–H and O–H groups in total. The molecule has 0 aliphatic rings. The summed E-state index contributed by atoms with van der Waals surface area (Å²) >= 11 is 0. The first-order valence-electron chi connectivity index (χ1n) is 5.76. The van der Waals surface area contributed by atoms with Crippen molar-refractivity contribution in [2.75, 3.05) is 18.5 Å². The fraction of sp³-hybridized carbons (Fsp3) is 0.333. The van der Waals surface area contributed by atoms with Crippen molar-refractivity contribution in [3.8, 4) is 0 Å². The van der Waals surface area contributed by atoms with E-state index < -0.39 is 22.7 Å². The van der Waals surface area contributed by atoms with Crippen LogP contribution in [-0.2, 0) is 4.79 Å². The summed E-state index contributed by atoms with van der Waals surface area (Å²) in [6.45, 7) is 1.67. The van der Waals surface area contributed by atoms with Gasteiger partial charge in [0, 0.05) is 31.4 Å². The molecule has 0 aliphatic heterocycles. The third kappa shape index (κ3) is 3.44. The van der Waals surface area contributed by atoms with Crippen LogP contribution in [0.1, 0.15) is 17.3 Å². The van der Waals surface area contributed by atoms with Gasteiger partial charge in [0.05, 0.1) is 16.4 Å². The molecule has 1 amide bonds. The Balaban J connectivity index is 3.14. The van der Waals surface area contributed by atoms with Crippen molar-refractivity contribution >= 4 is 23.3 Å². The Morgan fingerprint density at radius 2 is 2.10 bits per heavy atom. The van der Waals surface area contributed by atoms with Gasteiger partial charge >= 0.3 is 5.97 Å². The highest BCUT2D eigenvalue weighted by Crippen LogP contribution is 2.25. The first kappa shape index (κ1) is 15.4. The maximum Gasteiger partial charge on any atom is 0.308 e. The van der Waals surface area contributed by atoms with Crippen LogP contribution in [0.5, 0.6) is 0 Å². The predicted molar refractivity (Wildman–Crippen MR) is 71.7 cm³/mol. The number of rotatable bonds is 6. The van der Waals surface area contributed by atoms with E-state index in [1.54, 1.807) is 7.05 Å². The molecule has 1 rings (SSSR count). The van der Waals surface area contributed by atoms with Crippen LogP contribution >= 0.6 is 0 Å². The molecule has 0 saturated heterocycles. The second kappa shape index (κ2) is 6.00. The summed E-state index contributed by atoms with van der Waals surface area (Å²) in [5, 5.41) is 19.6. The van der Waals surface area contributed by atoms with E-state index in [-0.39, 0.29) is 17.8 Å². The van der Waals surface area contributed by atoms with Crippen molar-refractivity contribution < 1.29 is 19.6 Å². The fourth-order valence-corrected chi connectivity index (χ4v) is 1.76. The smallest absolute Gasteiger partial charge is 0.308 e. The molecule has 20 heavy (non-hydrogen) atoms. The van der Waals surface area contributed by atoms with Crippen LogP contribution in [0.15, 0.2) is 18.2 Å². The second-order valence-corrected chi connectivity index (χ2v) is 4.44. The van der Waals surface area contributed by atoms with Gasteiger partial charge in [0.15, 0.2) is 0 Å². The van der Waals surface area contributed by atoms with Crippen LogP contribution in [0, 0.1) is 16.0 Å². The Labute approximate surface area is 114 Å². The molecule has 8 heteroatoms. The van der Waals surface area contributed by atoms with Crippen molar-refractivity contribution in [1.29, 1.82) is 0 Å². The van der Waals surface area contributed by atoms with E-state index in [1.807, 2.05) is 0 Å². The van der Waals surface area contributed by atoms with Crippen LogP contribution in [0.25, 0.3) is 0 Å². The lowest BCUT2D eigenvalue weighted by Gasteiger charge is -2.23. The van der Waals surface area contributed by atoms with E-state index in [1.165, 1.54) is 24.0 Å². The Bertz CT molecular complexity index is 558. The highest BCUT2D eigenvalue weighted by Gasteiger charge is 2.20. The average Bonchev–Trinajstić information content (AvgIpc) is 2.37. The number of anilines is 1. The number of primary amides is 1. The maximum absolute atomic E-state index is 11.4. The van der Waals surface area contributed by atoms with Gasteiger partial charge in [0.2, 0.25) is 0 Å². The molecule has 1 aromatic carbocycles. The fourth-order valence-electron chi connectivity index (χ4n) is 1.76. The molecule has 1 aromatic rings. The third-order valence-corrected chi connectivity index (χ3v) is 2.84. The zero-order chi connectivity index (χ0) is 15.4. The Kier molecular flexibility index (Phi) is 4.63. The molecule has 0 saturated carbocycles. The number of carboxylic acid groups (broad SMARTS) is 1.